The molecule has 0 bridgehead atoms. The minimum Gasteiger partial charge on any atom is -0.497 e. The van der Waals surface area contributed by atoms with Crippen molar-refractivity contribution in [2.24, 2.45) is 0 Å². The minimum atomic E-state index is 0.413. The molecular weight excluding hydrogens is 230 g/mol. The lowest BCUT2D eigenvalue weighted by atomic mass is 10.0. The molecule has 2 unspecified atom stereocenters. The van der Waals surface area contributed by atoms with Gasteiger partial charge in [-0.05, 0) is 36.9 Å². The zero-order valence-corrected chi connectivity index (χ0v) is 12.0. The highest BCUT2D eigenvalue weighted by Gasteiger charge is 2.17. The second-order valence-electron chi connectivity index (χ2n) is 4.15. The molecule has 0 aliphatic carbocycles. The molecule has 0 saturated heterocycles. The maximum absolute atomic E-state index is 5.19. The normalized spacial score (nSPS) is 14.4. The van der Waals surface area contributed by atoms with Crippen molar-refractivity contribution in [3.05, 3.63) is 29.8 Å². The first-order valence-corrected chi connectivity index (χ1v) is 7.41. The van der Waals surface area contributed by atoms with Crippen molar-refractivity contribution in [3.63, 3.8) is 0 Å². The SMILES string of the molecule is CCCNC(c1ccc(OC)cc1)C(C)SC. The van der Waals surface area contributed by atoms with Crippen molar-refractivity contribution < 1.29 is 4.74 Å². The third-order valence-corrected chi connectivity index (χ3v) is 3.95. The maximum atomic E-state index is 5.19. The lowest BCUT2D eigenvalue weighted by molar-refractivity contribution is 0.414. The Balaban J connectivity index is 2.79. The largest absolute Gasteiger partial charge is 0.497 e. The van der Waals surface area contributed by atoms with E-state index in [1.165, 1.54) is 5.56 Å². The fourth-order valence-electron chi connectivity index (χ4n) is 1.80. The third kappa shape index (κ3) is 4.25. The molecule has 1 N–H and O–H groups in total. The Bertz CT molecular complexity index is 313. The van der Waals surface area contributed by atoms with E-state index in [0.29, 0.717) is 11.3 Å². The van der Waals surface area contributed by atoms with Crippen LogP contribution in [0.1, 0.15) is 31.9 Å². The van der Waals surface area contributed by atoms with Gasteiger partial charge in [-0.2, -0.15) is 11.8 Å². The van der Waals surface area contributed by atoms with E-state index in [1.807, 2.05) is 23.9 Å². The second kappa shape index (κ2) is 7.62. The highest BCUT2D eigenvalue weighted by Crippen LogP contribution is 2.26. The van der Waals surface area contributed by atoms with Crippen molar-refractivity contribution in [2.75, 3.05) is 19.9 Å². The first-order valence-electron chi connectivity index (χ1n) is 6.13. The molecule has 0 saturated carbocycles. The van der Waals surface area contributed by atoms with Crippen LogP contribution in [0, 0.1) is 0 Å². The van der Waals surface area contributed by atoms with Gasteiger partial charge in [-0.15, -0.1) is 0 Å². The standard InChI is InChI=1S/C14H23NOS/c1-5-10-15-14(11(2)17-4)12-6-8-13(16-3)9-7-12/h6-9,11,14-15H,5,10H2,1-4H3. The molecule has 0 aliphatic rings. The quantitative estimate of drug-likeness (QED) is 0.804. The Morgan fingerprint density at radius 1 is 1.29 bits per heavy atom. The van der Waals surface area contributed by atoms with E-state index in [1.54, 1.807) is 7.11 Å². The van der Waals surface area contributed by atoms with Crippen molar-refractivity contribution in [2.45, 2.75) is 31.6 Å². The average molecular weight is 253 g/mol. The Hall–Kier alpha value is -0.670. The third-order valence-electron chi connectivity index (χ3n) is 2.93. The summed E-state index contributed by atoms with van der Waals surface area (Å²) in [5.41, 5.74) is 1.33. The summed E-state index contributed by atoms with van der Waals surface area (Å²) in [6, 6.07) is 8.78. The molecular formula is C14H23NOS. The molecule has 3 heteroatoms. The van der Waals surface area contributed by atoms with Crippen LogP contribution in [0.25, 0.3) is 0 Å². The summed E-state index contributed by atoms with van der Waals surface area (Å²) in [5, 5.41) is 4.18. The van der Waals surface area contributed by atoms with Gasteiger partial charge in [-0.1, -0.05) is 26.0 Å². The van der Waals surface area contributed by atoms with Crippen molar-refractivity contribution in [1.29, 1.82) is 0 Å². The van der Waals surface area contributed by atoms with E-state index < -0.39 is 0 Å². The van der Waals surface area contributed by atoms with Gasteiger partial charge in [0.15, 0.2) is 0 Å². The maximum Gasteiger partial charge on any atom is 0.118 e. The summed E-state index contributed by atoms with van der Waals surface area (Å²) in [6.45, 7) is 5.52. The number of benzene rings is 1. The first kappa shape index (κ1) is 14.4. The lowest BCUT2D eigenvalue weighted by Gasteiger charge is -2.24. The molecule has 0 amide bonds. The second-order valence-corrected chi connectivity index (χ2v) is 5.36. The molecule has 0 radical (unpaired) electrons. The summed E-state index contributed by atoms with van der Waals surface area (Å²) < 4.78 is 5.19. The molecule has 0 aliphatic heterocycles. The molecule has 1 aromatic rings. The van der Waals surface area contributed by atoms with Gasteiger partial charge in [0, 0.05) is 11.3 Å². The van der Waals surface area contributed by atoms with Crippen LogP contribution < -0.4 is 10.1 Å². The Labute approximate surface area is 109 Å². The van der Waals surface area contributed by atoms with Crippen LogP contribution >= 0.6 is 11.8 Å². The highest BCUT2D eigenvalue weighted by atomic mass is 32.2. The van der Waals surface area contributed by atoms with E-state index in [4.69, 9.17) is 4.74 Å². The van der Waals surface area contributed by atoms with Crippen molar-refractivity contribution >= 4 is 11.8 Å². The minimum absolute atomic E-state index is 0.413. The molecule has 0 spiro atoms. The average Bonchev–Trinajstić information content (AvgIpc) is 2.39. The van der Waals surface area contributed by atoms with Crippen molar-refractivity contribution in [1.82, 2.24) is 5.32 Å². The van der Waals surface area contributed by atoms with E-state index in [-0.39, 0.29) is 0 Å². The Morgan fingerprint density at radius 2 is 1.94 bits per heavy atom. The Morgan fingerprint density at radius 3 is 2.41 bits per heavy atom. The van der Waals surface area contributed by atoms with Gasteiger partial charge in [-0.25, -0.2) is 0 Å². The molecule has 1 rings (SSSR count). The molecule has 96 valence electrons. The molecule has 0 fully saturated rings. The molecule has 17 heavy (non-hydrogen) atoms. The van der Waals surface area contributed by atoms with Crippen molar-refractivity contribution in [3.8, 4) is 5.75 Å². The zero-order chi connectivity index (χ0) is 12.7. The fraction of sp³-hybridized carbons (Fsp3) is 0.571. The number of ether oxygens (including phenoxy) is 1. The van der Waals surface area contributed by atoms with E-state index in [2.05, 4.69) is 37.6 Å². The van der Waals surface area contributed by atoms with Crippen LogP contribution in [0.3, 0.4) is 0 Å². The number of rotatable bonds is 7. The number of nitrogens with one attached hydrogen (secondary N) is 1. The predicted octanol–water partition coefficient (Wildman–Crippen LogP) is 3.49. The van der Waals surface area contributed by atoms with Crippen LogP contribution in [0.2, 0.25) is 0 Å². The van der Waals surface area contributed by atoms with Gasteiger partial charge in [0.1, 0.15) is 5.75 Å². The van der Waals surface area contributed by atoms with E-state index in [9.17, 15) is 0 Å². The van der Waals surface area contributed by atoms with Gasteiger partial charge in [0.05, 0.1) is 7.11 Å². The van der Waals surface area contributed by atoms with Gasteiger partial charge >= 0.3 is 0 Å². The topological polar surface area (TPSA) is 21.3 Å². The van der Waals surface area contributed by atoms with E-state index >= 15 is 0 Å². The zero-order valence-electron chi connectivity index (χ0n) is 11.2. The van der Waals surface area contributed by atoms with Gasteiger partial charge < -0.3 is 10.1 Å². The summed E-state index contributed by atoms with van der Waals surface area (Å²) in [7, 11) is 1.70. The van der Waals surface area contributed by atoms with Crippen LogP contribution in [0.5, 0.6) is 5.75 Å². The lowest BCUT2D eigenvalue weighted by Crippen LogP contribution is -2.29. The van der Waals surface area contributed by atoms with E-state index in [0.717, 1.165) is 18.7 Å². The van der Waals surface area contributed by atoms with Crippen LogP contribution in [0.4, 0.5) is 0 Å². The predicted molar refractivity (Wildman–Crippen MR) is 77.0 cm³/mol. The summed E-state index contributed by atoms with van der Waals surface area (Å²) in [4.78, 5) is 0. The molecule has 2 atom stereocenters. The van der Waals surface area contributed by atoms with Gasteiger partial charge in [0.25, 0.3) is 0 Å². The molecule has 2 nitrogen and oxygen atoms in total. The first-order chi connectivity index (χ1) is 8.22. The highest BCUT2D eigenvalue weighted by molar-refractivity contribution is 7.99. The fourth-order valence-corrected chi connectivity index (χ4v) is 2.33. The van der Waals surface area contributed by atoms with Crippen LogP contribution in [-0.2, 0) is 0 Å². The summed E-state index contributed by atoms with van der Waals surface area (Å²) in [5.74, 6) is 0.916. The number of hydrogen-bond donors (Lipinski definition) is 1. The number of methoxy groups -OCH3 is 1. The number of thioether (sulfide) groups is 1. The van der Waals surface area contributed by atoms with Crippen LogP contribution in [0.15, 0.2) is 24.3 Å². The monoisotopic (exact) mass is 253 g/mol. The molecule has 0 aromatic heterocycles. The Kier molecular flexibility index (Phi) is 6.45. The van der Waals surface area contributed by atoms with Gasteiger partial charge in [0.2, 0.25) is 0 Å². The molecule has 1 aromatic carbocycles. The summed E-state index contributed by atoms with van der Waals surface area (Å²) >= 11 is 1.89. The molecule has 0 heterocycles. The number of hydrogen-bond acceptors (Lipinski definition) is 3. The smallest absolute Gasteiger partial charge is 0.118 e. The van der Waals surface area contributed by atoms with Gasteiger partial charge in [-0.3, -0.25) is 0 Å². The summed E-state index contributed by atoms with van der Waals surface area (Å²) in [6.07, 6.45) is 3.32. The van der Waals surface area contributed by atoms with Crippen LogP contribution in [-0.4, -0.2) is 25.2 Å².